The summed E-state index contributed by atoms with van der Waals surface area (Å²) in [7, 11) is 0. The van der Waals surface area contributed by atoms with Crippen molar-refractivity contribution in [3.05, 3.63) is 16.4 Å². The van der Waals surface area contributed by atoms with Gasteiger partial charge in [-0.3, -0.25) is 4.79 Å². The predicted molar refractivity (Wildman–Crippen MR) is 38.3 cm³/mol. The van der Waals surface area contributed by atoms with E-state index in [1.165, 1.54) is 11.8 Å². The molecule has 0 unspecified atom stereocenters. The van der Waals surface area contributed by atoms with Gasteiger partial charge in [0.25, 0.3) is 5.56 Å². The minimum absolute atomic E-state index is 0. The van der Waals surface area contributed by atoms with Crippen LogP contribution in [0.1, 0.15) is 0 Å². The Hall–Kier alpha value is 1.03. The minimum Gasteiger partial charge on any atom is -0.493 e. The van der Waals surface area contributed by atoms with E-state index < -0.39 is 0 Å². The second kappa shape index (κ2) is 7.44. The van der Waals surface area contributed by atoms with E-state index in [0.29, 0.717) is 5.16 Å². The summed E-state index contributed by atoms with van der Waals surface area (Å²) >= 11 is 1.27. The van der Waals surface area contributed by atoms with E-state index >= 15 is 0 Å². The molecule has 4 nitrogen and oxygen atoms in total. The van der Waals surface area contributed by atoms with Crippen molar-refractivity contribution in [2.24, 2.45) is 0 Å². The van der Waals surface area contributed by atoms with E-state index in [2.05, 4.69) is 9.97 Å². The van der Waals surface area contributed by atoms with Gasteiger partial charge >= 0.3 is 59.1 Å². The average Bonchev–Trinajstić information content (AvgIpc) is 1.85. The Balaban J connectivity index is 0. The van der Waals surface area contributed by atoms with Gasteiger partial charge in [-0.1, -0.05) is 11.8 Å². The molecule has 0 saturated carbocycles. The van der Waals surface area contributed by atoms with Crippen LogP contribution in [0, 0.1) is 0 Å². The molecule has 0 spiro atoms. The van der Waals surface area contributed by atoms with Crippen LogP contribution in [0.4, 0.5) is 0 Å². The van der Waals surface area contributed by atoms with Crippen LogP contribution >= 0.6 is 11.8 Å². The molecular formula is C5H6N2Na2O2S+2. The molecule has 12 heavy (non-hydrogen) atoms. The van der Waals surface area contributed by atoms with Crippen LogP contribution in [0.3, 0.4) is 0 Å². The molecule has 1 aromatic rings. The molecule has 0 saturated heterocycles. The SMILES string of the molecule is CSc1nc(O)cc(=O)[nH]1.[Na+].[Na+]. The van der Waals surface area contributed by atoms with Gasteiger partial charge in [0.05, 0.1) is 6.07 Å². The second-order valence-corrected chi connectivity index (χ2v) is 2.41. The summed E-state index contributed by atoms with van der Waals surface area (Å²) in [6, 6.07) is 1.03. The van der Waals surface area contributed by atoms with Gasteiger partial charge < -0.3 is 10.1 Å². The molecule has 0 radical (unpaired) electrons. The molecule has 0 amide bonds. The maximum atomic E-state index is 10.6. The fourth-order valence-electron chi connectivity index (χ4n) is 0.520. The summed E-state index contributed by atoms with van der Waals surface area (Å²) in [6.45, 7) is 0. The normalized spacial score (nSPS) is 8.08. The number of thioether (sulfide) groups is 1. The van der Waals surface area contributed by atoms with Crippen molar-refractivity contribution < 1.29 is 64.2 Å². The fourth-order valence-corrected chi connectivity index (χ4v) is 0.907. The van der Waals surface area contributed by atoms with Gasteiger partial charge in [-0.25, -0.2) is 0 Å². The van der Waals surface area contributed by atoms with E-state index in [4.69, 9.17) is 5.11 Å². The van der Waals surface area contributed by atoms with Gasteiger partial charge in [-0.15, -0.1) is 0 Å². The zero-order valence-corrected chi connectivity index (χ0v) is 12.1. The number of aromatic amines is 1. The van der Waals surface area contributed by atoms with Gasteiger partial charge in [0, 0.05) is 0 Å². The number of hydrogen-bond acceptors (Lipinski definition) is 4. The standard InChI is InChI=1S/C5H6N2O2S.2Na/c1-10-5-6-3(8)2-4(9)7-5;;/h2H,1H3,(H2,6,7,8,9);;/q;2*+1. The van der Waals surface area contributed by atoms with Crippen molar-refractivity contribution in [3.8, 4) is 5.88 Å². The topological polar surface area (TPSA) is 66.0 Å². The maximum absolute atomic E-state index is 10.6. The first-order valence-electron chi connectivity index (χ1n) is 2.56. The third kappa shape index (κ3) is 4.91. The van der Waals surface area contributed by atoms with Crippen LogP contribution in [0.2, 0.25) is 0 Å². The Morgan fingerprint density at radius 2 is 2.17 bits per heavy atom. The van der Waals surface area contributed by atoms with E-state index in [1.54, 1.807) is 6.26 Å². The van der Waals surface area contributed by atoms with Crippen molar-refractivity contribution in [3.63, 3.8) is 0 Å². The Morgan fingerprint density at radius 3 is 2.58 bits per heavy atom. The summed E-state index contributed by atoms with van der Waals surface area (Å²) in [5, 5.41) is 9.20. The summed E-state index contributed by atoms with van der Waals surface area (Å²) in [4.78, 5) is 16.7. The monoisotopic (exact) mass is 204 g/mol. The maximum Gasteiger partial charge on any atom is 1.00 e. The summed E-state index contributed by atoms with van der Waals surface area (Å²) in [5.41, 5.74) is -0.336. The summed E-state index contributed by atoms with van der Waals surface area (Å²) < 4.78 is 0. The first-order chi connectivity index (χ1) is 4.72. The minimum atomic E-state index is -0.336. The van der Waals surface area contributed by atoms with Gasteiger partial charge in [0.2, 0.25) is 5.88 Å². The van der Waals surface area contributed by atoms with Crippen molar-refractivity contribution in [1.29, 1.82) is 0 Å². The molecule has 0 aromatic carbocycles. The Morgan fingerprint density at radius 1 is 1.58 bits per heavy atom. The second-order valence-electron chi connectivity index (χ2n) is 1.61. The van der Waals surface area contributed by atoms with Gasteiger partial charge in [0.15, 0.2) is 5.16 Å². The summed E-state index contributed by atoms with van der Waals surface area (Å²) in [6.07, 6.45) is 1.76. The van der Waals surface area contributed by atoms with Crippen LogP contribution in [0.25, 0.3) is 0 Å². The molecule has 0 atom stereocenters. The number of aromatic hydroxyl groups is 1. The molecule has 0 bridgehead atoms. The zero-order valence-electron chi connectivity index (χ0n) is 7.29. The number of nitrogens with one attached hydrogen (secondary N) is 1. The van der Waals surface area contributed by atoms with Crippen LogP contribution in [0.15, 0.2) is 16.0 Å². The number of H-pyrrole nitrogens is 1. The average molecular weight is 204 g/mol. The van der Waals surface area contributed by atoms with Gasteiger partial charge in [-0.05, 0) is 6.26 Å². The fraction of sp³-hybridized carbons (Fsp3) is 0.200. The quantitative estimate of drug-likeness (QED) is 0.272. The molecule has 1 heterocycles. The number of aromatic nitrogens is 2. The smallest absolute Gasteiger partial charge is 0.493 e. The van der Waals surface area contributed by atoms with Gasteiger partial charge in [-0.2, -0.15) is 4.98 Å². The molecule has 1 aromatic heterocycles. The van der Waals surface area contributed by atoms with Crippen LogP contribution in [-0.2, 0) is 0 Å². The largest absolute Gasteiger partial charge is 1.00 e. The van der Waals surface area contributed by atoms with Crippen molar-refractivity contribution >= 4 is 11.8 Å². The van der Waals surface area contributed by atoms with Crippen molar-refractivity contribution in [1.82, 2.24) is 9.97 Å². The zero-order chi connectivity index (χ0) is 7.56. The van der Waals surface area contributed by atoms with Crippen LogP contribution in [0.5, 0.6) is 5.88 Å². The van der Waals surface area contributed by atoms with E-state index in [0.717, 1.165) is 6.07 Å². The molecule has 0 aliphatic carbocycles. The third-order valence-corrected chi connectivity index (χ3v) is 1.48. The molecular weight excluding hydrogens is 198 g/mol. The van der Waals surface area contributed by atoms with E-state index in [-0.39, 0.29) is 70.6 Å². The predicted octanol–water partition coefficient (Wildman–Crippen LogP) is -5.79. The van der Waals surface area contributed by atoms with E-state index in [1.807, 2.05) is 0 Å². The van der Waals surface area contributed by atoms with Crippen molar-refractivity contribution in [2.75, 3.05) is 6.26 Å². The van der Waals surface area contributed by atoms with E-state index in [9.17, 15) is 4.79 Å². The molecule has 2 N–H and O–H groups in total. The van der Waals surface area contributed by atoms with Crippen LogP contribution in [-0.4, -0.2) is 21.3 Å². The first kappa shape index (κ1) is 15.5. The Bertz CT molecular complexity index is 291. The molecule has 7 heteroatoms. The molecule has 0 aliphatic rings. The van der Waals surface area contributed by atoms with Crippen LogP contribution < -0.4 is 64.7 Å². The molecule has 0 aliphatic heterocycles. The van der Waals surface area contributed by atoms with Crippen molar-refractivity contribution in [2.45, 2.75) is 5.16 Å². The first-order valence-corrected chi connectivity index (χ1v) is 3.79. The van der Waals surface area contributed by atoms with Gasteiger partial charge in [0.1, 0.15) is 0 Å². The molecule has 54 valence electrons. The Labute approximate surface area is 118 Å². The molecule has 1 rings (SSSR count). The third-order valence-electron chi connectivity index (χ3n) is 0.900. The number of hydrogen-bond donors (Lipinski definition) is 2. The Kier molecular flexibility index (Phi) is 9.60. The molecule has 0 fully saturated rings. The number of rotatable bonds is 1. The number of nitrogens with zero attached hydrogens (tertiary/aromatic N) is 1. The summed E-state index contributed by atoms with van der Waals surface area (Å²) in [5.74, 6) is -0.242.